The lowest BCUT2D eigenvalue weighted by Crippen LogP contribution is -2.19. The Hall–Kier alpha value is -1.05. The number of hydrogen-bond acceptors (Lipinski definition) is 2. The van der Waals surface area contributed by atoms with Gasteiger partial charge in [-0.05, 0) is 31.4 Å². The van der Waals surface area contributed by atoms with E-state index in [1.165, 1.54) is 5.56 Å². The fraction of sp³-hybridized carbons (Fsp3) is 0.500. The molecule has 0 radical (unpaired) electrons. The molecule has 0 aliphatic heterocycles. The van der Waals surface area contributed by atoms with Crippen molar-refractivity contribution < 1.29 is 9.21 Å². The number of carbonyl (C=O) groups excluding carboxylic acids is 1. The zero-order valence-corrected chi connectivity index (χ0v) is 7.17. The summed E-state index contributed by atoms with van der Waals surface area (Å²) in [5, 5.41) is 0. The van der Waals surface area contributed by atoms with Gasteiger partial charge < -0.3 is 4.42 Å². The fourth-order valence-corrected chi connectivity index (χ4v) is 1.77. The van der Waals surface area contributed by atoms with Crippen molar-refractivity contribution in [3.05, 3.63) is 23.7 Å². The van der Waals surface area contributed by atoms with Crippen LogP contribution in [0.25, 0.3) is 0 Å². The molecule has 64 valence electrons. The number of furan rings is 1. The minimum atomic E-state index is 0.198. The number of hydrogen-bond donors (Lipinski definition) is 0. The van der Waals surface area contributed by atoms with Crippen LogP contribution in [0, 0.1) is 5.92 Å². The normalized spacial score (nSPS) is 21.9. The minimum Gasteiger partial charge on any atom is -0.469 e. The topological polar surface area (TPSA) is 30.2 Å². The molecular formula is C10H12O2. The van der Waals surface area contributed by atoms with Gasteiger partial charge in [-0.25, -0.2) is 0 Å². The second kappa shape index (κ2) is 2.77. The van der Waals surface area contributed by atoms with Gasteiger partial charge in [0.05, 0.1) is 6.26 Å². The molecule has 0 fully saturated rings. The summed E-state index contributed by atoms with van der Waals surface area (Å²) in [5.74, 6) is 1.50. The van der Waals surface area contributed by atoms with Gasteiger partial charge in [-0.2, -0.15) is 0 Å². The van der Waals surface area contributed by atoms with E-state index in [0.29, 0.717) is 0 Å². The highest BCUT2D eigenvalue weighted by molar-refractivity contribution is 5.78. The van der Waals surface area contributed by atoms with Crippen LogP contribution in [0.2, 0.25) is 0 Å². The van der Waals surface area contributed by atoms with Crippen molar-refractivity contribution in [1.82, 2.24) is 0 Å². The van der Waals surface area contributed by atoms with Gasteiger partial charge in [0.2, 0.25) is 0 Å². The molecule has 1 aromatic heterocycles. The maximum absolute atomic E-state index is 11.1. The van der Waals surface area contributed by atoms with E-state index in [4.69, 9.17) is 4.42 Å². The van der Waals surface area contributed by atoms with Crippen LogP contribution in [0.5, 0.6) is 0 Å². The highest BCUT2D eigenvalue weighted by atomic mass is 16.3. The summed E-state index contributed by atoms with van der Waals surface area (Å²) in [7, 11) is 0. The van der Waals surface area contributed by atoms with Crippen LogP contribution in [0.4, 0.5) is 0 Å². The van der Waals surface area contributed by atoms with Gasteiger partial charge in [0.25, 0.3) is 0 Å². The molecular weight excluding hydrogens is 152 g/mol. The maximum atomic E-state index is 11.1. The molecule has 0 N–H and O–H groups in total. The van der Waals surface area contributed by atoms with E-state index in [1.807, 2.05) is 6.07 Å². The van der Waals surface area contributed by atoms with Crippen molar-refractivity contribution in [2.24, 2.45) is 5.92 Å². The fourth-order valence-electron chi connectivity index (χ4n) is 1.77. The summed E-state index contributed by atoms with van der Waals surface area (Å²) in [6, 6.07) is 2.01. The standard InChI is InChI=1S/C10H12O2/c1-7(11)9-3-2-8-4-5-12-10(8)6-9/h4-5,9H,2-3,6H2,1H3. The largest absolute Gasteiger partial charge is 0.469 e. The van der Waals surface area contributed by atoms with E-state index in [9.17, 15) is 4.79 Å². The molecule has 0 spiro atoms. The molecule has 2 nitrogen and oxygen atoms in total. The monoisotopic (exact) mass is 164 g/mol. The highest BCUT2D eigenvalue weighted by Crippen LogP contribution is 2.26. The first-order chi connectivity index (χ1) is 5.77. The number of Topliss-reactive ketones (excluding diaryl/α,β-unsaturated/α-hetero) is 1. The Morgan fingerprint density at radius 3 is 3.25 bits per heavy atom. The van der Waals surface area contributed by atoms with E-state index >= 15 is 0 Å². The lowest BCUT2D eigenvalue weighted by atomic mass is 9.86. The summed E-state index contributed by atoms with van der Waals surface area (Å²) in [6.45, 7) is 1.67. The van der Waals surface area contributed by atoms with Crippen molar-refractivity contribution in [2.75, 3.05) is 0 Å². The molecule has 0 aromatic carbocycles. The molecule has 1 aliphatic rings. The molecule has 0 saturated carbocycles. The maximum Gasteiger partial charge on any atom is 0.133 e. The predicted octanol–water partition coefficient (Wildman–Crippen LogP) is 1.97. The molecule has 2 rings (SSSR count). The van der Waals surface area contributed by atoms with Crippen molar-refractivity contribution in [2.45, 2.75) is 26.2 Å². The van der Waals surface area contributed by atoms with Crippen LogP contribution >= 0.6 is 0 Å². The summed E-state index contributed by atoms with van der Waals surface area (Å²) >= 11 is 0. The third-order valence-corrected chi connectivity index (χ3v) is 2.61. The average molecular weight is 164 g/mol. The van der Waals surface area contributed by atoms with Crippen LogP contribution in [-0.2, 0) is 17.6 Å². The van der Waals surface area contributed by atoms with Gasteiger partial charge >= 0.3 is 0 Å². The van der Waals surface area contributed by atoms with E-state index in [-0.39, 0.29) is 11.7 Å². The first-order valence-corrected chi connectivity index (χ1v) is 4.33. The quantitative estimate of drug-likeness (QED) is 0.635. The minimum absolute atomic E-state index is 0.198. The average Bonchev–Trinajstić information content (AvgIpc) is 2.49. The van der Waals surface area contributed by atoms with Gasteiger partial charge in [-0.1, -0.05) is 0 Å². The Balaban J connectivity index is 2.20. The van der Waals surface area contributed by atoms with Crippen molar-refractivity contribution in [3.63, 3.8) is 0 Å². The van der Waals surface area contributed by atoms with Crippen LogP contribution in [0.1, 0.15) is 24.7 Å². The van der Waals surface area contributed by atoms with E-state index in [0.717, 1.165) is 25.0 Å². The van der Waals surface area contributed by atoms with Crippen molar-refractivity contribution in [1.29, 1.82) is 0 Å². The number of fused-ring (bicyclic) bond motifs is 1. The van der Waals surface area contributed by atoms with Crippen LogP contribution < -0.4 is 0 Å². The second-order valence-electron chi connectivity index (χ2n) is 3.42. The highest BCUT2D eigenvalue weighted by Gasteiger charge is 2.23. The first-order valence-electron chi connectivity index (χ1n) is 4.33. The molecule has 0 saturated heterocycles. The van der Waals surface area contributed by atoms with Crippen LogP contribution in [0.15, 0.2) is 16.7 Å². The van der Waals surface area contributed by atoms with Crippen molar-refractivity contribution in [3.8, 4) is 0 Å². The summed E-state index contributed by atoms with van der Waals surface area (Å²) in [4.78, 5) is 11.1. The second-order valence-corrected chi connectivity index (χ2v) is 3.42. The van der Waals surface area contributed by atoms with E-state index < -0.39 is 0 Å². The van der Waals surface area contributed by atoms with E-state index in [2.05, 4.69) is 0 Å². The molecule has 0 bridgehead atoms. The third kappa shape index (κ3) is 1.17. The number of ketones is 1. The Morgan fingerprint density at radius 2 is 2.50 bits per heavy atom. The Labute approximate surface area is 71.6 Å². The van der Waals surface area contributed by atoms with Gasteiger partial charge in [-0.15, -0.1) is 0 Å². The smallest absolute Gasteiger partial charge is 0.133 e. The van der Waals surface area contributed by atoms with Crippen LogP contribution in [-0.4, -0.2) is 5.78 Å². The molecule has 1 atom stereocenters. The Bertz CT molecular complexity index is 299. The van der Waals surface area contributed by atoms with Gasteiger partial charge in [0.15, 0.2) is 0 Å². The SMILES string of the molecule is CC(=O)C1CCc2ccoc2C1. The number of carbonyl (C=O) groups is 1. The summed E-state index contributed by atoms with van der Waals surface area (Å²) in [5.41, 5.74) is 1.28. The predicted molar refractivity (Wildman–Crippen MR) is 44.9 cm³/mol. The number of aryl methyl sites for hydroxylation is 1. The molecule has 0 amide bonds. The molecule has 2 heteroatoms. The van der Waals surface area contributed by atoms with Gasteiger partial charge in [0, 0.05) is 12.3 Å². The lowest BCUT2D eigenvalue weighted by molar-refractivity contribution is -0.121. The van der Waals surface area contributed by atoms with Gasteiger partial charge in [0.1, 0.15) is 11.5 Å². The summed E-state index contributed by atoms with van der Waals surface area (Å²) in [6.07, 6.45) is 4.50. The van der Waals surface area contributed by atoms with Crippen LogP contribution in [0.3, 0.4) is 0 Å². The molecule has 1 aromatic rings. The first kappa shape index (κ1) is 7.59. The zero-order chi connectivity index (χ0) is 8.55. The lowest BCUT2D eigenvalue weighted by Gasteiger charge is -2.17. The summed E-state index contributed by atoms with van der Waals surface area (Å²) < 4.78 is 5.28. The van der Waals surface area contributed by atoms with E-state index in [1.54, 1.807) is 13.2 Å². The number of rotatable bonds is 1. The molecule has 12 heavy (non-hydrogen) atoms. The third-order valence-electron chi connectivity index (χ3n) is 2.61. The van der Waals surface area contributed by atoms with Gasteiger partial charge in [-0.3, -0.25) is 4.79 Å². The Kier molecular flexibility index (Phi) is 1.75. The van der Waals surface area contributed by atoms with Crippen molar-refractivity contribution >= 4 is 5.78 Å². The molecule has 1 heterocycles. The zero-order valence-electron chi connectivity index (χ0n) is 7.17. The molecule has 1 unspecified atom stereocenters. The molecule has 1 aliphatic carbocycles. The Morgan fingerprint density at radius 1 is 1.67 bits per heavy atom.